The maximum atomic E-state index is 13.7. The van der Waals surface area contributed by atoms with Crippen molar-refractivity contribution in [3.8, 4) is 0 Å². The van der Waals surface area contributed by atoms with Gasteiger partial charge in [-0.25, -0.2) is 8.78 Å². The highest BCUT2D eigenvalue weighted by Crippen LogP contribution is 2.22. The van der Waals surface area contributed by atoms with Gasteiger partial charge < -0.3 is 10.6 Å². The number of hydrogen-bond acceptors (Lipinski definition) is 2. The van der Waals surface area contributed by atoms with Crippen LogP contribution in [-0.2, 0) is 16.1 Å². The van der Waals surface area contributed by atoms with E-state index in [1.165, 1.54) is 13.8 Å². The fraction of sp³-hybridized carbons (Fsp3) is 0.263. The van der Waals surface area contributed by atoms with E-state index >= 15 is 0 Å². The average Bonchev–Trinajstić information content (AvgIpc) is 2.56. The standard InChI is InChI=1S/C19H20F2N2O2/c1-12-6-4-5-7-13(12)11-22-17(24)19(2,3)18(25)23-16-9-8-14(20)10-15(16)21/h4-10H,11H2,1-3H3,(H,22,24)(H,23,25). The number of rotatable bonds is 5. The van der Waals surface area contributed by atoms with Gasteiger partial charge in [-0.3, -0.25) is 9.59 Å². The Kier molecular flexibility index (Phi) is 5.51. The number of amides is 2. The molecule has 0 heterocycles. The average molecular weight is 346 g/mol. The highest BCUT2D eigenvalue weighted by Gasteiger charge is 2.36. The summed E-state index contributed by atoms with van der Waals surface area (Å²) in [6.45, 7) is 5.09. The number of nitrogens with one attached hydrogen (secondary N) is 2. The second kappa shape index (κ2) is 7.42. The van der Waals surface area contributed by atoms with E-state index in [2.05, 4.69) is 10.6 Å². The van der Waals surface area contributed by atoms with Gasteiger partial charge in [-0.1, -0.05) is 24.3 Å². The molecule has 0 saturated carbocycles. The first-order chi connectivity index (χ1) is 11.7. The van der Waals surface area contributed by atoms with Crippen LogP contribution in [0.5, 0.6) is 0 Å². The Morgan fingerprint density at radius 2 is 1.72 bits per heavy atom. The lowest BCUT2D eigenvalue weighted by atomic mass is 9.90. The Hall–Kier alpha value is -2.76. The van der Waals surface area contributed by atoms with E-state index in [9.17, 15) is 18.4 Å². The van der Waals surface area contributed by atoms with Gasteiger partial charge in [0.1, 0.15) is 17.0 Å². The smallest absolute Gasteiger partial charge is 0.239 e. The maximum Gasteiger partial charge on any atom is 0.239 e. The SMILES string of the molecule is Cc1ccccc1CNC(=O)C(C)(C)C(=O)Nc1ccc(F)cc1F. The third kappa shape index (κ3) is 4.41. The second-order valence-corrected chi connectivity index (χ2v) is 6.31. The van der Waals surface area contributed by atoms with Crippen LogP contribution in [-0.4, -0.2) is 11.8 Å². The van der Waals surface area contributed by atoms with Gasteiger partial charge in [-0.15, -0.1) is 0 Å². The molecule has 0 atom stereocenters. The molecule has 2 amide bonds. The highest BCUT2D eigenvalue weighted by atomic mass is 19.1. The molecular formula is C19H20F2N2O2. The zero-order chi connectivity index (χ0) is 18.6. The third-order valence-corrected chi connectivity index (χ3v) is 4.02. The molecule has 0 radical (unpaired) electrons. The van der Waals surface area contributed by atoms with E-state index in [0.29, 0.717) is 6.07 Å². The summed E-state index contributed by atoms with van der Waals surface area (Å²) in [5.74, 6) is -2.81. The molecule has 25 heavy (non-hydrogen) atoms. The van der Waals surface area contributed by atoms with Gasteiger partial charge in [-0.2, -0.15) is 0 Å². The summed E-state index contributed by atoms with van der Waals surface area (Å²) < 4.78 is 26.6. The molecule has 0 bridgehead atoms. The Balaban J connectivity index is 2.04. The topological polar surface area (TPSA) is 58.2 Å². The minimum absolute atomic E-state index is 0.175. The lowest BCUT2D eigenvalue weighted by Crippen LogP contribution is -2.45. The first-order valence-electron chi connectivity index (χ1n) is 7.81. The number of halogens is 2. The quantitative estimate of drug-likeness (QED) is 0.814. The zero-order valence-electron chi connectivity index (χ0n) is 14.3. The first kappa shape index (κ1) is 18.6. The summed E-state index contributed by atoms with van der Waals surface area (Å²) in [5.41, 5.74) is 0.366. The van der Waals surface area contributed by atoms with Crippen molar-refractivity contribution in [3.63, 3.8) is 0 Å². The molecule has 0 fully saturated rings. The van der Waals surface area contributed by atoms with Gasteiger partial charge in [0.05, 0.1) is 5.69 Å². The van der Waals surface area contributed by atoms with Crippen molar-refractivity contribution in [2.45, 2.75) is 27.3 Å². The lowest BCUT2D eigenvalue weighted by Gasteiger charge is -2.23. The van der Waals surface area contributed by atoms with Crippen molar-refractivity contribution in [1.29, 1.82) is 0 Å². The van der Waals surface area contributed by atoms with Crippen molar-refractivity contribution in [2.75, 3.05) is 5.32 Å². The fourth-order valence-electron chi connectivity index (χ4n) is 2.18. The van der Waals surface area contributed by atoms with Crippen molar-refractivity contribution in [2.24, 2.45) is 5.41 Å². The number of aryl methyl sites for hydroxylation is 1. The molecule has 0 aliphatic heterocycles. The Morgan fingerprint density at radius 1 is 1.04 bits per heavy atom. The van der Waals surface area contributed by atoms with Crippen molar-refractivity contribution >= 4 is 17.5 Å². The molecule has 4 nitrogen and oxygen atoms in total. The van der Waals surface area contributed by atoms with Crippen LogP contribution in [0.25, 0.3) is 0 Å². The van der Waals surface area contributed by atoms with E-state index in [0.717, 1.165) is 23.3 Å². The molecule has 0 spiro atoms. The minimum atomic E-state index is -1.43. The highest BCUT2D eigenvalue weighted by molar-refractivity contribution is 6.09. The predicted molar refractivity (Wildman–Crippen MR) is 91.8 cm³/mol. The number of carbonyl (C=O) groups excluding carboxylic acids is 2. The van der Waals surface area contributed by atoms with E-state index in [1.54, 1.807) is 0 Å². The van der Waals surface area contributed by atoms with Gasteiger partial charge >= 0.3 is 0 Å². The Morgan fingerprint density at radius 3 is 2.36 bits per heavy atom. The van der Waals surface area contributed by atoms with Crippen LogP contribution in [0.3, 0.4) is 0 Å². The van der Waals surface area contributed by atoms with Crippen molar-refractivity contribution in [3.05, 3.63) is 65.2 Å². The van der Waals surface area contributed by atoms with Crippen LogP contribution in [0.15, 0.2) is 42.5 Å². The van der Waals surface area contributed by atoms with Crippen LogP contribution < -0.4 is 10.6 Å². The first-order valence-corrected chi connectivity index (χ1v) is 7.81. The maximum absolute atomic E-state index is 13.7. The molecule has 0 saturated heterocycles. The Labute approximate surface area is 145 Å². The molecular weight excluding hydrogens is 326 g/mol. The van der Waals surface area contributed by atoms with E-state index in [1.807, 2.05) is 31.2 Å². The lowest BCUT2D eigenvalue weighted by molar-refractivity contribution is -0.138. The number of hydrogen-bond donors (Lipinski definition) is 2. The molecule has 0 aliphatic carbocycles. The number of benzene rings is 2. The van der Waals surface area contributed by atoms with Crippen molar-refractivity contribution in [1.82, 2.24) is 5.32 Å². The van der Waals surface area contributed by atoms with Gasteiger partial charge in [0, 0.05) is 12.6 Å². The summed E-state index contributed by atoms with van der Waals surface area (Å²) >= 11 is 0. The van der Waals surface area contributed by atoms with Gasteiger partial charge in [0.15, 0.2) is 0 Å². The summed E-state index contributed by atoms with van der Waals surface area (Å²) in [4.78, 5) is 24.8. The third-order valence-electron chi connectivity index (χ3n) is 4.02. The van der Waals surface area contributed by atoms with Gasteiger partial charge in [-0.05, 0) is 44.0 Å². The summed E-state index contributed by atoms with van der Waals surface area (Å²) in [5, 5.41) is 5.04. The van der Waals surface area contributed by atoms with E-state index in [-0.39, 0.29) is 12.2 Å². The van der Waals surface area contributed by atoms with E-state index in [4.69, 9.17) is 0 Å². The zero-order valence-corrected chi connectivity index (χ0v) is 14.3. The molecule has 2 aromatic rings. The largest absolute Gasteiger partial charge is 0.351 e. The fourth-order valence-corrected chi connectivity index (χ4v) is 2.18. The van der Waals surface area contributed by atoms with Crippen LogP contribution in [0.1, 0.15) is 25.0 Å². The Bertz CT molecular complexity index is 804. The van der Waals surface area contributed by atoms with Crippen molar-refractivity contribution < 1.29 is 18.4 Å². The number of carbonyl (C=O) groups is 2. The van der Waals surface area contributed by atoms with Crippen LogP contribution in [0.2, 0.25) is 0 Å². The normalized spacial score (nSPS) is 11.1. The van der Waals surface area contributed by atoms with Crippen LogP contribution in [0, 0.1) is 24.0 Å². The molecule has 0 aliphatic rings. The summed E-state index contributed by atoms with van der Waals surface area (Å²) in [6, 6.07) is 10.4. The monoisotopic (exact) mass is 346 g/mol. The number of anilines is 1. The molecule has 2 N–H and O–H groups in total. The molecule has 2 aromatic carbocycles. The molecule has 132 valence electrons. The van der Waals surface area contributed by atoms with Gasteiger partial charge in [0.25, 0.3) is 0 Å². The predicted octanol–water partition coefficient (Wildman–Crippen LogP) is 3.55. The molecule has 0 aromatic heterocycles. The molecule has 0 unspecified atom stereocenters. The van der Waals surface area contributed by atoms with Crippen LogP contribution >= 0.6 is 0 Å². The second-order valence-electron chi connectivity index (χ2n) is 6.31. The summed E-state index contributed by atoms with van der Waals surface area (Å²) in [6.07, 6.45) is 0. The van der Waals surface area contributed by atoms with Gasteiger partial charge in [0.2, 0.25) is 11.8 Å². The molecule has 2 rings (SSSR count). The van der Waals surface area contributed by atoms with Crippen LogP contribution in [0.4, 0.5) is 14.5 Å². The molecule has 6 heteroatoms. The minimum Gasteiger partial charge on any atom is -0.351 e. The van der Waals surface area contributed by atoms with E-state index < -0.39 is 28.9 Å². The summed E-state index contributed by atoms with van der Waals surface area (Å²) in [7, 11) is 0.